The number of methoxy groups -OCH3 is 3. The lowest BCUT2D eigenvalue weighted by atomic mass is 9.95. The van der Waals surface area contributed by atoms with Crippen LogP contribution in [0.3, 0.4) is 0 Å². The quantitative estimate of drug-likeness (QED) is 0.163. The fourth-order valence-electron chi connectivity index (χ4n) is 5.87. The van der Waals surface area contributed by atoms with Crippen LogP contribution in [0.1, 0.15) is 54.6 Å². The Morgan fingerprint density at radius 3 is 2.43 bits per heavy atom. The third-order valence-electron chi connectivity index (χ3n) is 8.12. The van der Waals surface area contributed by atoms with Crippen LogP contribution in [0, 0.1) is 6.92 Å². The van der Waals surface area contributed by atoms with Gasteiger partial charge in [-0.3, -0.25) is 14.4 Å². The first-order valence-corrected chi connectivity index (χ1v) is 16.4. The van der Waals surface area contributed by atoms with Crippen LogP contribution in [0.4, 0.5) is 5.69 Å². The average molecular weight is 657 g/mol. The zero-order chi connectivity index (χ0) is 33.5. The number of amides is 2. The molecule has 0 aliphatic heterocycles. The summed E-state index contributed by atoms with van der Waals surface area (Å²) in [5, 5.41) is 12.2. The molecule has 0 saturated heterocycles. The van der Waals surface area contributed by atoms with Crippen molar-refractivity contribution >= 4 is 28.8 Å². The number of aryl methyl sites for hydroxylation is 2. The third kappa shape index (κ3) is 7.74. The van der Waals surface area contributed by atoms with Gasteiger partial charge >= 0.3 is 0 Å². The molecule has 47 heavy (non-hydrogen) atoms. The first-order valence-electron chi connectivity index (χ1n) is 15.5. The van der Waals surface area contributed by atoms with Crippen LogP contribution in [0.25, 0.3) is 21.7 Å². The molecule has 4 aromatic rings. The monoisotopic (exact) mass is 656 g/mol. The Hall–Kier alpha value is -4.90. The summed E-state index contributed by atoms with van der Waals surface area (Å²) >= 11 is 1.61. The second-order valence-corrected chi connectivity index (χ2v) is 12.3. The van der Waals surface area contributed by atoms with Crippen molar-refractivity contribution in [3.05, 3.63) is 86.5 Å². The van der Waals surface area contributed by atoms with E-state index in [1.165, 1.54) is 6.92 Å². The van der Waals surface area contributed by atoms with Crippen LogP contribution in [0.5, 0.6) is 17.2 Å². The summed E-state index contributed by atoms with van der Waals surface area (Å²) < 4.78 is 17.1. The molecule has 11 heteroatoms. The van der Waals surface area contributed by atoms with Gasteiger partial charge in [-0.2, -0.15) is 0 Å². The molecule has 5 rings (SSSR count). The van der Waals surface area contributed by atoms with Crippen LogP contribution in [-0.4, -0.2) is 44.7 Å². The molecule has 1 heterocycles. The fraction of sp³-hybridized carbons (Fsp3) is 0.333. The van der Waals surface area contributed by atoms with Crippen LogP contribution in [0.15, 0.2) is 58.7 Å². The molecule has 0 spiro atoms. The third-order valence-corrected chi connectivity index (χ3v) is 9.13. The van der Waals surface area contributed by atoms with Crippen molar-refractivity contribution in [3.63, 3.8) is 0 Å². The summed E-state index contributed by atoms with van der Waals surface area (Å²) in [6.45, 7) is 4.31. The van der Waals surface area contributed by atoms with Gasteiger partial charge in [0.25, 0.3) is 0 Å². The number of carbonyl (C=O) groups is 2. The van der Waals surface area contributed by atoms with Crippen molar-refractivity contribution < 1.29 is 23.8 Å². The van der Waals surface area contributed by atoms with E-state index in [1.54, 1.807) is 44.8 Å². The van der Waals surface area contributed by atoms with Gasteiger partial charge in [-0.05, 0) is 66.6 Å². The molecule has 1 aliphatic rings. The molecule has 3 N–H and O–H groups in total. The van der Waals surface area contributed by atoms with Crippen molar-refractivity contribution in [1.82, 2.24) is 15.6 Å². The molecule has 3 aromatic carbocycles. The summed E-state index contributed by atoms with van der Waals surface area (Å²) in [6.07, 6.45) is 2.04. The van der Waals surface area contributed by atoms with E-state index in [9.17, 15) is 14.4 Å². The Kier molecular flexibility index (Phi) is 10.8. The molecule has 246 valence electrons. The van der Waals surface area contributed by atoms with Crippen LogP contribution in [-0.2, 0) is 22.6 Å². The number of aromatic nitrogens is 1. The number of rotatable bonds is 12. The Morgan fingerprint density at radius 2 is 1.77 bits per heavy atom. The molecule has 10 nitrogen and oxygen atoms in total. The maximum absolute atomic E-state index is 13.5. The van der Waals surface area contributed by atoms with Gasteiger partial charge in [0, 0.05) is 48.6 Å². The lowest BCUT2D eigenvalue weighted by Crippen LogP contribution is -2.26. The standard InChI is InChI=1S/C36H40N4O6S/c1-21-20-47-36(39-21)24-10-8-23(9-11-24)19-38-32(43)7-6-16-37-29-15-13-26-27(18-30(29)42)28(40-22(2)41)14-12-25-17-31(44-3)34(45-4)35(46-5)33(25)26/h8-11,13,15,17-18,20,28H,6-7,12,14,16,19H2,1-5H3,(H,37,42)(H,38,43)(H,40,41)/t28-/m0/s1. The van der Waals surface area contributed by atoms with Crippen molar-refractivity contribution in [2.75, 3.05) is 33.2 Å². The number of hydrogen-bond donors (Lipinski definition) is 3. The Balaban J connectivity index is 1.28. The summed E-state index contributed by atoms with van der Waals surface area (Å²) in [7, 11) is 4.69. The van der Waals surface area contributed by atoms with Crippen molar-refractivity contribution in [3.8, 4) is 38.9 Å². The highest BCUT2D eigenvalue weighted by Gasteiger charge is 2.29. The minimum absolute atomic E-state index is 0.0645. The van der Waals surface area contributed by atoms with Gasteiger partial charge in [0.1, 0.15) is 5.01 Å². The van der Waals surface area contributed by atoms with E-state index in [-0.39, 0.29) is 23.3 Å². The number of ether oxygens (including phenoxy) is 3. The number of benzene rings is 2. The molecule has 1 aromatic heterocycles. The first-order chi connectivity index (χ1) is 22.7. The number of carbonyl (C=O) groups excluding carboxylic acids is 2. The van der Waals surface area contributed by atoms with Crippen molar-refractivity contribution in [2.45, 2.75) is 52.1 Å². The van der Waals surface area contributed by atoms with E-state index in [0.717, 1.165) is 38.5 Å². The molecule has 0 bridgehead atoms. The zero-order valence-corrected chi connectivity index (χ0v) is 28.1. The van der Waals surface area contributed by atoms with Gasteiger partial charge in [-0.25, -0.2) is 4.98 Å². The molecule has 2 amide bonds. The molecular weight excluding hydrogens is 616 g/mol. The van der Waals surface area contributed by atoms with Crippen LogP contribution in [0.2, 0.25) is 0 Å². The van der Waals surface area contributed by atoms with Gasteiger partial charge in [-0.1, -0.05) is 30.3 Å². The maximum Gasteiger partial charge on any atom is 0.220 e. The fourth-order valence-corrected chi connectivity index (χ4v) is 6.67. The molecular formula is C36H40N4O6S. The molecule has 1 atom stereocenters. The minimum Gasteiger partial charge on any atom is -0.493 e. The summed E-state index contributed by atoms with van der Waals surface area (Å²) in [6, 6.07) is 14.8. The van der Waals surface area contributed by atoms with Gasteiger partial charge in [0.05, 0.1) is 33.1 Å². The minimum atomic E-state index is -0.388. The Labute approximate surface area is 278 Å². The lowest BCUT2D eigenvalue weighted by molar-refractivity contribution is -0.121. The summed E-state index contributed by atoms with van der Waals surface area (Å²) in [4.78, 5) is 42.8. The molecule has 0 radical (unpaired) electrons. The number of hydrogen-bond acceptors (Lipinski definition) is 9. The van der Waals surface area contributed by atoms with E-state index in [4.69, 9.17) is 14.2 Å². The van der Waals surface area contributed by atoms with Crippen LogP contribution >= 0.6 is 11.3 Å². The van der Waals surface area contributed by atoms with E-state index in [1.807, 2.05) is 48.7 Å². The number of anilines is 1. The SMILES string of the molecule is COc1cc2c(c(OC)c1OC)-c1ccc(NCCCC(=O)NCc3ccc(-c4nc(C)cs4)cc3)c(=O)cc1[C@@H](NC(C)=O)CC2. The molecule has 0 saturated carbocycles. The number of thiazole rings is 1. The topological polar surface area (TPSA) is 128 Å². The van der Waals surface area contributed by atoms with E-state index in [0.29, 0.717) is 67.3 Å². The van der Waals surface area contributed by atoms with Crippen molar-refractivity contribution in [2.24, 2.45) is 0 Å². The van der Waals surface area contributed by atoms with Crippen LogP contribution < -0.4 is 35.6 Å². The van der Waals surface area contributed by atoms with Gasteiger partial charge < -0.3 is 30.2 Å². The molecule has 0 fully saturated rings. The van der Waals surface area contributed by atoms with E-state index < -0.39 is 0 Å². The summed E-state index contributed by atoms with van der Waals surface area (Å²) in [5.74, 6) is 1.23. The lowest BCUT2D eigenvalue weighted by Gasteiger charge is -2.19. The average Bonchev–Trinajstić information content (AvgIpc) is 3.37. The smallest absolute Gasteiger partial charge is 0.220 e. The number of nitrogens with one attached hydrogen (secondary N) is 3. The van der Waals surface area contributed by atoms with Crippen molar-refractivity contribution in [1.29, 1.82) is 0 Å². The Morgan fingerprint density at radius 1 is 1.00 bits per heavy atom. The predicted molar refractivity (Wildman–Crippen MR) is 185 cm³/mol. The highest BCUT2D eigenvalue weighted by atomic mass is 32.1. The maximum atomic E-state index is 13.5. The highest BCUT2D eigenvalue weighted by Crippen LogP contribution is 2.50. The normalized spacial score (nSPS) is 13.4. The van der Waals surface area contributed by atoms with E-state index in [2.05, 4.69) is 20.9 Å². The number of nitrogens with zero attached hydrogens (tertiary/aromatic N) is 1. The second kappa shape index (κ2) is 15.1. The highest BCUT2D eigenvalue weighted by molar-refractivity contribution is 7.13. The summed E-state index contributed by atoms with van der Waals surface area (Å²) in [5.41, 5.74) is 6.45. The number of fused-ring (bicyclic) bond motifs is 3. The van der Waals surface area contributed by atoms with Gasteiger partial charge in [0.2, 0.25) is 23.0 Å². The van der Waals surface area contributed by atoms with Gasteiger partial charge in [-0.15, -0.1) is 11.3 Å². The molecule has 0 unspecified atom stereocenters. The first kappa shape index (κ1) is 33.5. The second-order valence-electron chi connectivity index (χ2n) is 11.4. The zero-order valence-electron chi connectivity index (χ0n) is 27.3. The predicted octanol–water partition coefficient (Wildman–Crippen LogP) is 5.80. The largest absolute Gasteiger partial charge is 0.493 e. The Bertz CT molecular complexity index is 1820. The molecule has 1 aliphatic carbocycles. The van der Waals surface area contributed by atoms with Gasteiger partial charge in [0.15, 0.2) is 11.5 Å². The van der Waals surface area contributed by atoms with E-state index >= 15 is 0 Å².